The molecule has 1 heterocycles. The van der Waals surface area contributed by atoms with Gasteiger partial charge in [0.15, 0.2) is 0 Å². The average molecular weight is 402 g/mol. The molecule has 1 atom stereocenters. The van der Waals surface area contributed by atoms with Crippen molar-refractivity contribution in [3.05, 3.63) is 47.9 Å². The number of carbonyl (C=O) groups is 2. The van der Waals surface area contributed by atoms with Crippen LogP contribution < -0.4 is 10.1 Å². The largest absolute Gasteiger partial charge is 0.438 e. The highest BCUT2D eigenvalue weighted by Crippen LogP contribution is 2.28. The van der Waals surface area contributed by atoms with E-state index in [2.05, 4.69) is 27.1 Å². The number of carbonyl (C=O) groups excluding carboxylic acids is 2. The second-order valence-electron chi connectivity index (χ2n) is 6.38. The molecule has 0 fully saturated rings. The van der Waals surface area contributed by atoms with Crippen LogP contribution in [-0.2, 0) is 10.7 Å². The van der Waals surface area contributed by atoms with Gasteiger partial charge in [0.1, 0.15) is 11.3 Å². The lowest BCUT2D eigenvalue weighted by molar-refractivity contribution is -0.122. The molecular weight excluding hydrogens is 382 g/mol. The highest BCUT2D eigenvalue weighted by molar-refractivity contribution is 5.97. The molecule has 0 aliphatic heterocycles. The molecule has 0 aliphatic carbocycles. The summed E-state index contributed by atoms with van der Waals surface area (Å²) in [4.78, 5) is 32.7. The Hall–Kier alpha value is -3.54. The highest BCUT2D eigenvalue weighted by atomic mass is 19.3. The molecule has 0 spiro atoms. The lowest BCUT2D eigenvalue weighted by Gasteiger charge is -2.15. The number of hydrogen-bond acceptors (Lipinski definition) is 5. The number of alkyl halides is 2. The predicted molar refractivity (Wildman–Crippen MR) is 102 cm³/mol. The minimum Gasteiger partial charge on any atom is -0.438 e. The van der Waals surface area contributed by atoms with Gasteiger partial charge in [0, 0.05) is 27.2 Å². The Balaban J connectivity index is 2.30. The number of nitrogens with zero attached hydrogens (tertiary/aromatic N) is 3. The molecule has 0 saturated heterocycles. The van der Waals surface area contributed by atoms with Crippen molar-refractivity contribution in [2.24, 2.45) is 0 Å². The summed E-state index contributed by atoms with van der Waals surface area (Å²) in [7, 11) is 3.10. The van der Waals surface area contributed by atoms with Gasteiger partial charge >= 0.3 is 5.92 Å². The quantitative estimate of drug-likeness (QED) is 0.778. The van der Waals surface area contributed by atoms with Gasteiger partial charge in [-0.2, -0.15) is 13.8 Å². The van der Waals surface area contributed by atoms with Crippen molar-refractivity contribution in [1.29, 1.82) is 0 Å². The molecule has 0 bridgehead atoms. The van der Waals surface area contributed by atoms with E-state index in [1.165, 1.54) is 4.90 Å². The molecule has 1 aromatic carbocycles. The molecule has 0 saturated carbocycles. The van der Waals surface area contributed by atoms with E-state index < -0.39 is 29.6 Å². The molecule has 1 N–H and O–H groups in total. The van der Waals surface area contributed by atoms with E-state index >= 15 is 0 Å². The Morgan fingerprint density at radius 3 is 2.48 bits per heavy atom. The number of amides is 2. The molecule has 0 unspecified atom stereocenters. The number of halogens is 2. The van der Waals surface area contributed by atoms with E-state index in [0.717, 1.165) is 6.20 Å². The van der Waals surface area contributed by atoms with E-state index in [0.29, 0.717) is 12.7 Å². The van der Waals surface area contributed by atoms with Crippen molar-refractivity contribution >= 4 is 11.8 Å². The van der Waals surface area contributed by atoms with Crippen LogP contribution in [0.4, 0.5) is 8.78 Å². The van der Waals surface area contributed by atoms with Crippen LogP contribution in [0.1, 0.15) is 30.0 Å². The van der Waals surface area contributed by atoms with Crippen LogP contribution in [-0.4, -0.2) is 46.8 Å². The van der Waals surface area contributed by atoms with E-state index in [4.69, 9.17) is 4.74 Å². The van der Waals surface area contributed by atoms with Crippen molar-refractivity contribution in [1.82, 2.24) is 20.2 Å². The van der Waals surface area contributed by atoms with Gasteiger partial charge in [0.05, 0.1) is 6.04 Å². The van der Waals surface area contributed by atoms with Gasteiger partial charge in [-0.1, -0.05) is 24.1 Å². The smallest absolute Gasteiger partial charge is 0.303 e. The zero-order chi connectivity index (χ0) is 21.6. The van der Waals surface area contributed by atoms with Crippen LogP contribution in [0.15, 0.2) is 36.5 Å². The zero-order valence-corrected chi connectivity index (χ0v) is 16.4. The summed E-state index contributed by atoms with van der Waals surface area (Å²) in [6.45, 7) is 2.22. The van der Waals surface area contributed by atoms with Crippen LogP contribution in [0.5, 0.6) is 11.6 Å². The van der Waals surface area contributed by atoms with Crippen LogP contribution in [0.3, 0.4) is 0 Å². The Morgan fingerprint density at radius 2 is 1.90 bits per heavy atom. The first-order valence-corrected chi connectivity index (χ1v) is 8.60. The number of benzene rings is 1. The normalized spacial score (nSPS) is 11.7. The molecule has 1 aromatic heterocycles. The van der Waals surface area contributed by atoms with Gasteiger partial charge in [-0.15, -0.1) is 0 Å². The maximum atomic E-state index is 13.6. The van der Waals surface area contributed by atoms with Crippen LogP contribution in [0, 0.1) is 11.8 Å². The van der Waals surface area contributed by atoms with Gasteiger partial charge in [-0.05, 0) is 25.0 Å². The van der Waals surface area contributed by atoms with E-state index in [9.17, 15) is 18.4 Å². The van der Waals surface area contributed by atoms with Crippen LogP contribution in [0.2, 0.25) is 0 Å². The number of ether oxygens (including phenoxy) is 1. The molecule has 9 heteroatoms. The molecule has 0 radical (unpaired) electrons. The fraction of sp³-hybridized carbons (Fsp3) is 0.300. The topological polar surface area (TPSA) is 84.4 Å². The summed E-state index contributed by atoms with van der Waals surface area (Å²) in [6, 6.07) is 7.61. The van der Waals surface area contributed by atoms with E-state index in [1.54, 1.807) is 51.4 Å². The molecule has 152 valence electrons. The Morgan fingerprint density at radius 1 is 1.24 bits per heavy atom. The van der Waals surface area contributed by atoms with Crippen molar-refractivity contribution < 1.29 is 23.1 Å². The molecule has 29 heavy (non-hydrogen) atoms. The van der Waals surface area contributed by atoms with Crippen molar-refractivity contribution in [2.45, 2.75) is 25.8 Å². The van der Waals surface area contributed by atoms with Gasteiger partial charge in [0.2, 0.25) is 11.7 Å². The highest BCUT2D eigenvalue weighted by Gasteiger charge is 2.30. The maximum Gasteiger partial charge on any atom is 0.303 e. The predicted octanol–water partition coefficient (Wildman–Crippen LogP) is 2.59. The lowest BCUT2D eigenvalue weighted by Crippen LogP contribution is -2.32. The summed E-state index contributed by atoms with van der Waals surface area (Å²) >= 11 is 0. The third-order valence-electron chi connectivity index (χ3n) is 3.50. The minimum atomic E-state index is -3.31. The van der Waals surface area contributed by atoms with Crippen LogP contribution in [0.25, 0.3) is 0 Å². The summed E-state index contributed by atoms with van der Waals surface area (Å²) < 4.78 is 32.8. The maximum absolute atomic E-state index is 13.6. The van der Waals surface area contributed by atoms with Gasteiger partial charge in [0.25, 0.3) is 11.8 Å². The Kier molecular flexibility index (Phi) is 6.83. The number of rotatable bonds is 5. The molecule has 2 rings (SSSR count). The summed E-state index contributed by atoms with van der Waals surface area (Å²) in [6.07, 6.45) is 0.971. The Bertz CT molecular complexity index is 948. The lowest BCUT2D eigenvalue weighted by atomic mass is 10.2. The monoisotopic (exact) mass is 402 g/mol. The fourth-order valence-electron chi connectivity index (χ4n) is 2.00. The fourth-order valence-corrected chi connectivity index (χ4v) is 2.00. The molecule has 2 amide bonds. The van der Waals surface area contributed by atoms with Crippen LogP contribution >= 0.6 is 0 Å². The van der Waals surface area contributed by atoms with Gasteiger partial charge in [-0.3, -0.25) is 9.59 Å². The third-order valence-corrected chi connectivity index (χ3v) is 3.50. The van der Waals surface area contributed by atoms with Gasteiger partial charge < -0.3 is 15.0 Å². The van der Waals surface area contributed by atoms with Gasteiger partial charge in [-0.25, -0.2) is 4.98 Å². The molecule has 2 aromatic rings. The van der Waals surface area contributed by atoms with Crippen molar-refractivity contribution in [2.75, 3.05) is 14.1 Å². The van der Waals surface area contributed by atoms with E-state index in [1.807, 2.05) is 0 Å². The second-order valence-corrected chi connectivity index (χ2v) is 6.38. The van der Waals surface area contributed by atoms with E-state index in [-0.39, 0.29) is 11.4 Å². The first-order chi connectivity index (χ1) is 13.6. The standard InChI is InChI=1S/C20H20F2N4O3/c1-13(10-11-16(27)26(3)4)24-17(28)15-12-23-19(20(2,21)22)25-18(15)29-14-8-6-5-7-9-14/h5-9,12-13H,1-4H3,(H,24,28)/t13-/m0/s1. The summed E-state index contributed by atoms with van der Waals surface area (Å²) in [5.41, 5.74) is -0.144. The van der Waals surface area contributed by atoms with Crippen molar-refractivity contribution in [3.8, 4) is 23.5 Å². The second kappa shape index (κ2) is 9.10. The summed E-state index contributed by atoms with van der Waals surface area (Å²) in [5, 5.41) is 2.54. The summed E-state index contributed by atoms with van der Waals surface area (Å²) in [5.74, 6) is -0.206. The minimum absolute atomic E-state index is 0.144. The average Bonchev–Trinajstić information content (AvgIpc) is 2.66. The number of hydrogen-bond donors (Lipinski definition) is 1. The number of para-hydroxylation sites is 1. The first kappa shape index (κ1) is 21.8. The SMILES string of the molecule is C[C@@H](C#CC(=O)N(C)C)NC(=O)c1cnc(C(C)(F)F)nc1Oc1ccccc1. The van der Waals surface area contributed by atoms with Crippen molar-refractivity contribution in [3.63, 3.8) is 0 Å². The Labute approximate surface area is 167 Å². The number of nitrogens with one attached hydrogen (secondary N) is 1. The third kappa shape index (κ3) is 6.24. The molecule has 7 nitrogen and oxygen atoms in total. The number of aromatic nitrogens is 2. The molecule has 0 aliphatic rings. The molecular formula is C20H20F2N4O3. The zero-order valence-electron chi connectivity index (χ0n) is 16.4. The first-order valence-electron chi connectivity index (χ1n) is 8.60.